The number of pyridine rings is 1. The molecule has 0 fully saturated rings. The van der Waals surface area contributed by atoms with Crippen molar-refractivity contribution in [3.63, 3.8) is 0 Å². The topological polar surface area (TPSA) is 127 Å². The first-order chi connectivity index (χ1) is 8.49. The number of halogens is 1. The Balaban J connectivity index is 2.22. The summed E-state index contributed by atoms with van der Waals surface area (Å²) in [7, 11) is -3.74. The van der Waals surface area contributed by atoms with Crippen LogP contribution in [0.2, 0.25) is 0 Å². The van der Waals surface area contributed by atoms with E-state index in [2.05, 4.69) is 40.8 Å². The first-order valence-electron chi connectivity index (χ1n) is 4.74. The molecule has 2 heterocycles. The number of nitrogens with one attached hydrogen (secondary N) is 2. The van der Waals surface area contributed by atoms with Crippen molar-refractivity contribution in [1.29, 1.82) is 0 Å². The number of nitrogens with two attached hydrogens (primary N) is 1. The Morgan fingerprint density at radius 2 is 2.22 bits per heavy atom. The van der Waals surface area contributed by atoms with E-state index in [-0.39, 0.29) is 17.3 Å². The summed E-state index contributed by atoms with van der Waals surface area (Å²) in [6.07, 6.45) is 2.71. The second-order valence-corrected chi connectivity index (χ2v) is 5.94. The van der Waals surface area contributed by atoms with Gasteiger partial charge in [0.2, 0.25) is 10.0 Å². The molecule has 0 aromatic carbocycles. The van der Waals surface area contributed by atoms with Gasteiger partial charge in [0, 0.05) is 10.7 Å². The molecule has 0 aliphatic carbocycles. The van der Waals surface area contributed by atoms with E-state index in [0.717, 1.165) is 0 Å². The minimum atomic E-state index is -3.74. The Labute approximate surface area is 111 Å². The number of anilines is 1. The van der Waals surface area contributed by atoms with E-state index in [1.54, 1.807) is 0 Å². The average Bonchev–Trinajstić information content (AvgIpc) is 2.83. The number of nitrogen functional groups attached to an aromatic ring is 1. The summed E-state index contributed by atoms with van der Waals surface area (Å²) in [5, 5.41) is 6.15. The summed E-state index contributed by atoms with van der Waals surface area (Å²) in [6.45, 7) is -0.00567. The zero-order chi connectivity index (χ0) is 13.2. The van der Waals surface area contributed by atoms with Crippen LogP contribution in [-0.2, 0) is 16.6 Å². The Morgan fingerprint density at radius 1 is 1.44 bits per heavy atom. The van der Waals surface area contributed by atoms with Crippen molar-refractivity contribution in [1.82, 2.24) is 24.9 Å². The summed E-state index contributed by atoms with van der Waals surface area (Å²) in [6, 6.07) is 1.38. The van der Waals surface area contributed by atoms with Crippen molar-refractivity contribution in [2.75, 3.05) is 5.73 Å². The normalized spacial score (nSPS) is 11.6. The van der Waals surface area contributed by atoms with Crippen molar-refractivity contribution >= 4 is 31.8 Å². The number of hydrogen-bond donors (Lipinski definition) is 3. The van der Waals surface area contributed by atoms with Gasteiger partial charge in [-0.2, -0.15) is 5.10 Å². The van der Waals surface area contributed by atoms with Crippen LogP contribution in [0, 0.1) is 0 Å². The maximum absolute atomic E-state index is 12.0. The molecular formula is C8H9BrN6O2S. The van der Waals surface area contributed by atoms with E-state index in [9.17, 15) is 8.42 Å². The zero-order valence-electron chi connectivity index (χ0n) is 8.96. The molecule has 0 bridgehead atoms. The van der Waals surface area contributed by atoms with Gasteiger partial charge in [-0.25, -0.2) is 23.1 Å². The SMILES string of the molecule is Nc1ncc(Br)cc1S(=O)(=O)NCc1ncn[nH]1. The van der Waals surface area contributed by atoms with Gasteiger partial charge >= 0.3 is 0 Å². The molecular weight excluding hydrogens is 324 g/mol. The van der Waals surface area contributed by atoms with Crippen LogP contribution in [0.5, 0.6) is 0 Å². The van der Waals surface area contributed by atoms with Gasteiger partial charge < -0.3 is 5.73 Å². The first kappa shape index (κ1) is 12.9. The highest BCUT2D eigenvalue weighted by molar-refractivity contribution is 9.10. The smallest absolute Gasteiger partial charge is 0.244 e. The van der Waals surface area contributed by atoms with Crippen molar-refractivity contribution < 1.29 is 8.42 Å². The monoisotopic (exact) mass is 332 g/mol. The molecule has 0 aliphatic heterocycles. The maximum Gasteiger partial charge on any atom is 0.244 e. The molecule has 10 heteroatoms. The van der Waals surface area contributed by atoms with Gasteiger partial charge in [-0.05, 0) is 22.0 Å². The minimum absolute atomic E-state index is 0.00567. The summed E-state index contributed by atoms with van der Waals surface area (Å²) in [5.74, 6) is 0.336. The third-order valence-corrected chi connectivity index (χ3v) is 3.90. The molecule has 2 rings (SSSR count). The van der Waals surface area contributed by atoms with Gasteiger partial charge in [-0.15, -0.1) is 0 Å². The largest absolute Gasteiger partial charge is 0.383 e. The van der Waals surface area contributed by atoms with E-state index in [1.165, 1.54) is 18.6 Å². The number of nitrogens with zero attached hydrogens (tertiary/aromatic N) is 3. The highest BCUT2D eigenvalue weighted by Crippen LogP contribution is 2.20. The summed E-state index contributed by atoms with van der Waals surface area (Å²) in [4.78, 5) is 7.48. The molecule has 2 aromatic heterocycles. The second kappa shape index (κ2) is 5.00. The number of sulfonamides is 1. The van der Waals surface area contributed by atoms with Crippen molar-refractivity contribution in [3.8, 4) is 0 Å². The minimum Gasteiger partial charge on any atom is -0.383 e. The molecule has 0 spiro atoms. The van der Waals surface area contributed by atoms with E-state index in [0.29, 0.717) is 10.3 Å². The number of hydrogen-bond acceptors (Lipinski definition) is 6. The molecule has 18 heavy (non-hydrogen) atoms. The van der Waals surface area contributed by atoms with Gasteiger partial charge in [0.05, 0.1) is 6.54 Å². The molecule has 4 N–H and O–H groups in total. The number of aromatic nitrogens is 4. The molecule has 0 atom stereocenters. The van der Waals surface area contributed by atoms with Crippen LogP contribution in [0.15, 0.2) is 28.0 Å². The fourth-order valence-electron chi connectivity index (χ4n) is 1.20. The lowest BCUT2D eigenvalue weighted by atomic mass is 10.5. The quantitative estimate of drug-likeness (QED) is 0.724. The highest BCUT2D eigenvalue weighted by Gasteiger charge is 2.19. The molecule has 96 valence electrons. The van der Waals surface area contributed by atoms with Gasteiger partial charge in [-0.1, -0.05) is 0 Å². The van der Waals surface area contributed by atoms with Crippen LogP contribution in [-0.4, -0.2) is 28.6 Å². The molecule has 0 saturated heterocycles. The predicted molar refractivity (Wildman–Crippen MR) is 66.8 cm³/mol. The average molecular weight is 333 g/mol. The van der Waals surface area contributed by atoms with Crippen LogP contribution in [0.25, 0.3) is 0 Å². The van der Waals surface area contributed by atoms with Gasteiger partial charge in [0.1, 0.15) is 22.9 Å². The molecule has 0 saturated carbocycles. The van der Waals surface area contributed by atoms with Gasteiger partial charge in [-0.3, -0.25) is 5.10 Å². The lowest BCUT2D eigenvalue weighted by Crippen LogP contribution is -2.25. The Bertz CT molecular complexity index is 642. The van der Waals surface area contributed by atoms with Crippen LogP contribution in [0.1, 0.15) is 5.82 Å². The number of H-pyrrole nitrogens is 1. The Kier molecular flexibility index (Phi) is 3.59. The molecule has 0 unspecified atom stereocenters. The van der Waals surface area contributed by atoms with Crippen LogP contribution in [0.3, 0.4) is 0 Å². The fourth-order valence-corrected chi connectivity index (χ4v) is 2.78. The van der Waals surface area contributed by atoms with Crippen LogP contribution < -0.4 is 10.5 Å². The van der Waals surface area contributed by atoms with E-state index in [1.807, 2.05) is 0 Å². The number of rotatable bonds is 4. The summed E-state index contributed by atoms with van der Waals surface area (Å²) >= 11 is 3.14. The summed E-state index contributed by atoms with van der Waals surface area (Å²) < 4.78 is 26.8. The van der Waals surface area contributed by atoms with Crippen molar-refractivity contribution in [2.24, 2.45) is 0 Å². The molecule has 0 radical (unpaired) electrons. The lowest BCUT2D eigenvalue weighted by Gasteiger charge is -2.07. The lowest BCUT2D eigenvalue weighted by molar-refractivity contribution is 0.579. The Hall–Kier alpha value is -1.52. The van der Waals surface area contributed by atoms with Gasteiger partial charge in [0.25, 0.3) is 0 Å². The first-order valence-corrected chi connectivity index (χ1v) is 7.01. The molecule has 8 nitrogen and oxygen atoms in total. The van der Waals surface area contributed by atoms with E-state index < -0.39 is 10.0 Å². The van der Waals surface area contributed by atoms with Gasteiger partial charge in [0.15, 0.2) is 0 Å². The van der Waals surface area contributed by atoms with E-state index in [4.69, 9.17) is 5.73 Å². The third kappa shape index (κ3) is 2.83. The summed E-state index contributed by atoms with van der Waals surface area (Å²) in [5.41, 5.74) is 5.54. The molecule has 2 aromatic rings. The van der Waals surface area contributed by atoms with Crippen LogP contribution in [0.4, 0.5) is 5.82 Å². The third-order valence-electron chi connectivity index (χ3n) is 2.03. The second-order valence-electron chi connectivity index (χ2n) is 3.29. The molecule has 0 aliphatic rings. The standard InChI is InChI=1S/C8H9BrN6O2S/c9-5-1-6(8(10)11-2-5)18(16,17)14-3-7-12-4-13-15-7/h1-2,4,14H,3H2,(H2,10,11)(H,12,13,15). The fraction of sp³-hybridized carbons (Fsp3) is 0.125. The van der Waals surface area contributed by atoms with Crippen molar-refractivity contribution in [2.45, 2.75) is 11.4 Å². The van der Waals surface area contributed by atoms with Crippen LogP contribution >= 0.6 is 15.9 Å². The van der Waals surface area contributed by atoms with E-state index >= 15 is 0 Å². The Morgan fingerprint density at radius 3 is 2.89 bits per heavy atom. The highest BCUT2D eigenvalue weighted by atomic mass is 79.9. The zero-order valence-corrected chi connectivity index (χ0v) is 11.4. The maximum atomic E-state index is 12.0. The molecule has 0 amide bonds. The van der Waals surface area contributed by atoms with Crippen molar-refractivity contribution in [3.05, 3.63) is 28.9 Å². The predicted octanol–water partition coefficient (Wildman–Crippen LogP) is 0.0229. The number of aromatic amines is 1.